The highest BCUT2D eigenvalue weighted by molar-refractivity contribution is 9.10. The Morgan fingerprint density at radius 3 is 1.57 bits per heavy atom. The van der Waals surface area contributed by atoms with Crippen molar-refractivity contribution in [1.82, 2.24) is 5.32 Å². The second-order valence-electron chi connectivity index (χ2n) is 8.43. The fraction of sp³-hybridized carbons (Fsp3) is 0.133. The van der Waals surface area contributed by atoms with E-state index in [1.807, 2.05) is 115 Å². The lowest BCUT2D eigenvalue weighted by Crippen LogP contribution is -2.45. The molecule has 1 atom stereocenters. The van der Waals surface area contributed by atoms with Crippen LogP contribution in [0.5, 0.6) is 0 Å². The molecule has 0 saturated heterocycles. The van der Waals surface area contributed by atoms with Gasteiger partial charge in [0.2, 0.25) is 5.91 Å². The van der Waals surface area contributed by atoms with Gasteiger partial charge in [0.25, 0.3) is 0 Å². The van der Waals surface area contributed by atoms with Crippen LogP contribution in [-0.4, -0.2) is 23.0 Å². The van der Waals surface area contributed by atoms with E-state index in [0.717, 1.165) is 26.7 Å². The molecule has 0 heterocycles. The van der Waals surface area contributed by atoms with Gasteiger partial charge in [0.15, 0.2) is 0 Å². The van der Waals surface area contributed by atoms with Crippen LogP contribution in [0.3, 0.4) is 0 Å². The molecule has 4 aromatic rings. The summed E-state index contributed by atoms with van der Waals surface area (Å²) in [5.41, 5.74) is 2.92. The standard InChI is InChI=1S/C30H26BrNO3/c31-26-19-11-10-12-22(26)20-27(29(34)35)32-28(33)21-30(23-13-4-1-5-14-23,24-15-6-2-7-16-24)25-17-8-3-9-18-25/h1-19,27H,20-21H2,(H,32,33)(H,34,35)/t27-/m0/s1. The van der Waals surface area contributed by atoms with Crippen LogP contribution >= 0.6 is 15.9 Å². The Hall–Kier alpha value is -3.70. The van der Waals surface area contributed by atoms with Gasteiger partial charge in [0, 0.05) is 17.3 Å². The Morgan fingerprint density at radius 2 is 1.14 bits per heavy atom. The molecule has 0 fully saturated rings. The molecule has 0 saturated carbocycles. The summed E-state index contributed by atoms with van der Waals surface area (Å²) in [4.78, 5) is 25.7. The third-order valence-electron chi connectivity index (χ3n) is 6.24. The van der Waals surface area contributed by atoms with Crippen molar-refractivity contribution in [3.05, 3.63) is 142 Å². The summed E-state index contributed by atoms with van der Waals surface area (Å²) in [7, 11) is 0. The van der Waals surface area contributed by atoms with Gasteiger partial charge >= 0.3 is 5.97 Å². The molecule has 0 aliphatic heterocycles. The number of benzene rings is 4. The molecule has 0 aliphatic carbocycles. The Balaban J connectivity index is 1.74. The first-order valence-electron chi connectivity index (χ1n) is 11.4. The molecule has 0 unspecified atom stereocenters. The first-order chi connectivity index (χ1) is 17.0. The van der Waals surface area contributed by atoms with Crippen molar-refractivity contribution in [2.75, 3.05) is 0 Å². The summed E-state index contributed by atoms with van der Waals surface area (Å²) >= 11 is 3.48. The van der Waals surface area contributed by atoms with E-state index in [1.165, 1.54) is 0 Å². The molecule has 1 amide bonds. The van der Waals surface area contributed by atoms with Crippen LogP contribution in [0.2, 0.25) is 0 Å². The van der Waals surface area contributed by atoms with Gasteiger partial charge in [-0.25, -0.2) is 4.79 Å². The lowest BCUT2D eigenvalue weighted by atomic mass is 9.67. The number of rotatable bonds is 9. The first-order valence-corrected chi connectivity index (χ1v) is 12.2. The van der Waals surface area contributed by atoms with E-state index in [0.29, 0.717) is 0 Å². The number of amides is 1. The van der Waals surface area contributed by atoms with Crippen LogP contribution in [0.15, 0.2) is 120 Å². The predicted octanol–water partition coefficient (Wildman–Crippen LogP) is 5.99. The zero-order valence-electron chi connectivity index (χ0n) is 19.1. The number of aliphatic carboxylic acids is 1. The molecule has 2 N–H and O–H groups in total. The maximum Gasteiger partial charge on any atom is 0.326 e. The lowest BCUT2D eigenvalue weighted by molar-refractivity contribution is -0.141. The molecule has 4 aromatic carbocycles. The minimum Gasteiger partial charge on any atom is -0.480 e. The van der Waals surface area contributed by atoms with E-state index in [-0.39, 0.29) is 18.7 Å². The number of hydrogen-bond donors (Lipinski definition) is 2. The van der Waals surface area contributed by atoms with Crippen molar-refractivity contribution in [3.63, 3.8) is 0 Å². The van der Waals surface area contributed by atoms with Crippen LogP contribution in [0.4, 0.5) is 0 Å². The highest BCUT2D eigenvalue weighted by Crippen LogP contribution is 2.42. The number of carboxylic acid groups (broad SMARTS) is 1. The zero-order chi connectivity index (χ0) is 24.7. The van der Waals surface area contributed by atoms with Crippen LogP contribution in [0.1, 0.15) is 28.7 Å². The monoisotopic (exact) mass is 527 g/mol. The molecule has 0 aliphatic rings. The lowest BCUT2D eigenvalue weighted by Gasteiger charge is -2.36. The SMILES string of the molecule is O=C(CC(c1ccccc1)(c1ccccc1)c1ccccc1)N[C@@H](Cc1ccccc1Br)C(=O)O. The smallest absolute Gasteiger partial charge is 0.326 e. The molecule has 5 heteroatoms. The highest BCUT2D eigenvalue weighted by atomic mass is 79.9. The summed E-state index contributed by atoms with van der Waals surface area (Å²) in [6.45, 7) is 0. The maximum absolute atomic E-state index is 13.6. The Labute approximate surface area is 213 Å². The minimum atomic E-state index is -1.07. The molecule has 176 valence electrons. The molecule has 0 radical (unpaired) electrons. The number of carbonyl (C=O) groups is 2. The summed E-state index contributed by atoms with van der Waals surface area (Å²) in [5.74, 6) is -1.40. The Morgan fingerprint density at radius 1 is 0.714 bits per heavy atom. The van der Waals surface area contributed by atoms with Gasteiger partial charge in [-0.2, -0.15) is 0 Å². The summed E-state index contributed by atoms with van der Waals surface area (Å²) in [6.07, 6.45) is 0.238. The summed E-state index contributed by atoms with van der Waals surface area (Å²) in [5, 5.41) is 12.7. The van der Waals surface area contributed by atoms with E-state index in [2.05, 4.69) is 21.2 Å². The normalized spacial score (nSPS) is 12.0. The third kappa shape index (κ3) is 5.52. The fourth-order valence-corrected chi connectivity index (χ4v) is 4.99. The van der Waals surface area contributed by atoms with Gasteiger partial charge in [-0.05, 0) is 28.3 Å². The van der Waals surface area contributed by atoms with Crippen molar-refractivity contribution in [2.24, 2.45) is 0 Å². The molecule has 0 spiro atoms. The van der Waals surface area contributed by atoms with Crippen LogP contribution < -0.4 is 5.32 Å². The van der Waals surface area contributed by atoms with Crippen molar-refractivity contribution >= 4 is 27.8 Å². The molecule has 4 nitrogen and oxygen atoms in total. The van der Waals surface area contributed by atoms with Crippen LogP contribution in [-0.2, 0) is 21.4 Å². The Kier molecular flexibility index (Phi) is 7.78. The van der Waals surface area contributed by atoms with Gasteiger partial charge in [0.05, 0.1) is 5.41 Å². The molecular formula is C30H26BrNO3. The second kappa shape index (κ2) is 11.2. The van der Waals surface area contributed by atoms with E-state index in [1.54, 1.807) is 0 Å². The van der Waals surface area contributed by atoms with Crippen molar-refractivity contribution in [3.8, 4) is 0 Å². The second-order valence-corrected chi connectivity index (χ2v) is 9.29. The van der Waals surface area contributed by atoms with Gasteiger partial charge in [-0.15, -0.1) is 0 Å². The largest absolute Gasteiger partial charge is 0.480 e. The topological polar surface area (TPSA) is 66.4 Å². The number of carboxylic acids is 1. The Bertz CT molecular complexity index is 1180. The van der Waals surface area contributed by atoms with E-state index in [4.69, 9.17) is 0 Å². The third-order valence-corrected chi connectivity index (χ3v) is 7.01. The van der Waals surface area contributed by atoms with Crippen LogP contribution in [0, 0.1) is 0 Å². The maximum atomic E-state index is 13.6. The zero-order valence-corrected chi connectivity index (χ0v) is 20.7. The first kappa shape index (κ1) is 24.4. The van der Waals surface area contributed by atoms with E-state index in [9.17, 15) is 14.7 Å². The van der Waals surface area contributed by atoms with Crippen molar-refractivity contribution in [1.29, 1.82) is 0 Å². The number of hydrogen-bond acceptors (Lipinski definition) is 2. The average molecular weight is 528 g/mol. The molecule has 0 bridgehead atoms. The minimum absolute atomic E-state index is 0.0603. The van der Waals surface area contributed by atoms with Gasteiger partial charge < -0.3 is 10.4 Å². The van der Waals surface area contributed by atoms with Gasteiger partial charge in [0.1, 0.15) is 6.04 Å². The van der Waals surface area contributed by atoms with Crippen molar-refractivity contribution < 1.29 is 14.7 Å². The quantitative estimate of drug-likeness (QED) is 0.263. The number of nitrogens with one attached hydrogen (secondary N) is 1. The van der Waals surface area contributed by atoms with Crippen LogP contribution in [0.25, 0.3) is 0 Å². The summed E-state index contributed by atoms with van der Waals surface area (Å²) in [6, 6.07) is 36.1. The molecule has 4 rings (SSSR count). The molecule has 0 aromatic heterocycles. The number of carbonyl (C=O) groups excluding carboxylic acids is 1. The molecule has 35 heavy (non-hydrogen) atoms. The van der Waals surface area contributed by atoms with E-state index >= 15 is 0 Å². The van der Waals surface area contributed by atoms with E-state index < -0.39 is 17.4 Å². The highest BCUT2D eigenvalue weighted by Gasteiger charge is 2.39. The van der Waals surface area contributed by atoms with Gasteiger partial charge in [-0.1, -0.05) is 125 Å². The summed E-state index contributed by atoms with van der Waals surface area (Å²) < 4.78 is 0.813. The van der Waals surface area contributed by atoms with Gasteiger partial charge in [-0.3, -0.25) is 4.79 Å². The number of halogens is 1. The van der Waals surface area contributed by atoms with Crippen molar-refractivity contribution in [2.45, 2.75) is 24.3 Å². The average Bonchev–Trinajstić information content (AvgIpc) is 2.89. The fourth-order valence-electron chi connectivity index (χ4n) is 4.54. The molecular weight excluding hydrogens is 502 g/mol. The predicted molar refractivity (Wildman–Crippen MR) is 141 cm³/mol.